The van der Waals surface area contributed by atoms with Gasteiger partial charge in [-0.1, -0.05) is 23.1 Å². The van der Waals surface area contributed by atoms with Crippen LogP contribution in [0.3, 0.4) is 0 Å². The third kappa shape index (κ3) is 3.56. The zero-order valence-corrected chi connectivity index (χ0v) is 17.4. The van der Waals surface area contributed by atoms with Crippen LogP contribution in [-0.2, 0) is 21.2 Å². The summed E-state index contributed by atoms with van der Waals surface area (Å²) >= 11 is 2.59. The molecule has 11 heteroatoms. The fourth-order valence-electron chi connectivity index (χ4n) is 2.86. The van der Waals surface area contributed by atoms with Gasteiger partial charge in [-0.15, -0.1) is 0 Å². The molecule has 8 nitrogen and oxygen atoms in total. The molecular formula is C17H16N4O4S3. The Morgan fingerprint density at radius 3 is 2.89 bits per heavy atom. The van der Waals surface area contributed by atoms with Crippen molar-refractivity contribution in [2.45, 2.75) is 23.5 Å². The Labute approximate surface area is 168 Å². The van der Waals surface area contributed by atoms with Gasteiger partial charge in [-0.05, 0) is 25.1 Å². The number of nitrogens with one attached hydrogen (secondary N) is 1. The van der Waals surface area contributed by atoms with E-state index in [1.165, 1.54) is 33.7 Å². The number of carbonyl (C=O) groups is 1. The zero-order valence-electron chi connectivity index (χ0n) is 15.0. The molecule has 0 aliphatic carbocycles. The molecule has 0 saturated heterocycles. The van der Waals surface area contributed by atoms with Gasteiger partial charge in [0.05, 0.1) is 21.0 Å². The van der Waals surface area contributed by atoms with Crippen LogP contribution in [0.2, 0.25) is 0 Å². The lowest BCUT2D eigenvalue weighted by atomic mass is 10.1. The molecule has 1 amide bonds. The Kier molecular flexibility index (Phi) is 4.76. The lowest BCUT2D eigenvalue weighted by Gasteiger charge is -2.23. The van der Waals surface area contributed by atoms with Crippen molar-refractivity contribution >= 4 is 54.2 Å². The molecule has 146 valence electrons. The topological polar surface area (TPSA) is 111 Å². The first-order valence-corrected chi connectivity index (χ1v) is 12.0. The highest BCUT2D eigenvalue weighted by Crippen LogP contribution is 2.30. The van der Waals surface area contributed by atoms with E-state index < -0.39 is 15.8 Å². The van der Waals surface area contributed by atoms with Crippen LogP contribution in [0.1, 0.15) is 5.56 Å². The first-order chi connectivity index (χ1) is 13.2. The fourth-order valence-corrected chi connectivity index (χ4v) is 5.53. The molecule has 28 heavy (non-hydrogen) atoms. The van der Waals surface area contributed by atoms with Gasteiger partial charge in [0.1, 0.15) is 0 Å². The van der Waals surface area contributed by atoms with Crippen molar-refractivity contribution in [1.29, 1.82) is 0 Å². The molecule has 3 aromatic rings. The second-order valence-corrected chi connectivity index (χ2v) is 10.6. The SMILES string of the molecule is Cc1cnc2n(c1=O)C[C@@H](C(=O)Nc1nc3ccc(S(C)(=O)=O)cc3s1)CS2. The Hall–Kier alpha value is -2.24. The zero-order chi connectivity index (χ0) is 20.1. The maximum absolute atomic E-state index is 12.7. The van der Waals surface area contributed by atoms with Crippen LogP contribution in [0.5, 0.6) is 0 Å². The predicted octanol–water partition coefficient (Wildman–Crippen LogP) is 1.93. The predicted molar refractivity (Wildman–Crippen MR) is 109 cm³/mol. The van der Waals surface area contributed by atoms with Crippen molar-refractivity contribution in [2.75, 3.05) is 17.3 Å². The van der Waals surface area contributed by atoms with E-state index in [2.05, 4.69) is 15.3 Å². The fraction of sp³-hybridized carbons (Fsp3) is 0.294. The van der Waals surface area contributed by atoms with Crippen molar-refractivity contribution in [2.24, 2.45) is 5.92 Å². The highest BCUT2D eigenvalue weighted by atomic mass is 32.2. The first-order valence-electron chi connectivity index (χ1n) is 8.33. The van der Waals surface area contributed by atoms with Gasteiger partial charge < -0.3 is 5.32 Å². The minimum atomic E-state index is -3.31. The summed E-state index contributed by atoms with van der Waals surface area (Å²) in [6, 6.07) is 4.68. The van der Waals surface area contributed by atoms with Crippen molar-refractivity contribution in [3.05, 3.63) is 40.3 Å². The largest absolute Gasteiger partial charge is 0.302 e. The van der Waals surface area contributed by atoms with Gasteiger partial charge in [-0.3, -0.25) is 14.2 Å². The number of amides is 1. The van der Waals surface area contributed by atoms with Crippen molar-refractivity contribution in [3.63, 3.8) is 0 Å². The number of carbonyl (C=O) groups excluding carboxylic acids is 1. The minimum Gasteiger partial charge on any atom is -0.302 e. The molecule has 0 unspecified atom stereocenters. The van der Waals surface area contributed by atoms with Crippen molar-refractivity contribution < 1.29 is 13.2 Å². The molecule has 4 rings (SSSR count). The van der Waals surface area contributed by atoms with E-state index in [4.69, 9.17) is 0 Å². The molecule has 3 heterocycles. The van der Waals surface area contributed by atoms with Gasteiger partial charge in [0.15, 0.2) is 20.1 Å². The molecule has 0 spiro atoms. The number of sulfone groups is 1. The first kappa shape index (κ1) is 19.1. The van der Waals surface area contributed by atoms with E-state index in [9.17, 15) is 18.0 Å². The van der Waals surface area contributed by atoms with Gasteiger partial charge in [0, 0.05) is 30.3 Å². The average molecular weight is 437 g/mol. The Morgan fingerprint density at radius 1 is 1.36 bits per heavy atom. The van der Waals surface area contributed by atoms with E-state index in [1.54, 1.807) is 25.3 Å². The van der Waals surface area contributed by atoms with Gasteiger partial charge in [-0.25, -0.2) is 18.4 Å². The third-order valence-electron chi connectivity index (χ3n) is 4.39. The van der Waals surface area contributed by atoms with E-state index in [0.29, 0.717) is 31.8 Å². The summed E-state index contributed by atoms with van der Waals surface area (Å²) in [5.74, 6) is -0.101. The molecule has 1 aliphatic heterocycles. The van der Waals surface area contributed by atoms with Crippen LogP contribution in [0.25, 0.3) is 10.2 Å². The van der Waals surface area contributed by atoms with Crippen LogP contribution in [0.4, 0.5) is 5.13 Å². The monoisotopic (exact) mass is 436 g/mol. The number of hydrogen-bond donors (Lipinski definition) is 1. The molecule has 1 aliphatic rings. The van der Waals surface area contributed by atoms with Crippen LogP contribution < -0.4 is 10.9 Å². The summed E-state index contributed by atoms with van der Waals surface area (Å²) in [6.45, 7) is 1.97. The van der Waals surface area contributed by atoms with Crippen LogP contribution in [0.15, 0.2) is 39.2 Å². The van der Waals surface area contributed by atoms with Crippen molar-refractivity contribution in [3.8, 4) is 0 Å². The summed E-state index contributed by atoms with van der Waals surface area (Å²) < 4.78 is 25.6. The second-order valence-electron chi connectivity index (χ2n) is 6.56. The Balaban J connectivity index is 1.55. The number of hydrogen-bond acceptors (Lipinski definition) is 8. The Bertz CT molecular complexity index is 1260. The number of thioether (sulfide) groups is 1. The van der Waals surface area contributed by atoms with Gasteiger partial charge in [-0.2, -0.15) is 0 Å². The van der Waals surface area contributed by atoms with E-state index in [-0.39, 0.29) is 22.9 Å². The quantitative estimate of drug-likeness (QED) is 0.625. The lowest BCUT2D eigenvalue weighted by Crippen LogP contribution is -2.37. The maximum atomic E-state index is 12.7. The molecular weight excluding hydrogens is 420 g/mol. The minimum absolute atomic E-state index is 0.136. The standard InChI is InChI=1S/C17H16N4O4S3/c1-9-6-18-17-21(15(9)23)7-10(8-26-17)14(22)20-16-19-12-4-3-11(28(2,24)25)5-13(12)27-16/h3-6,10H,7-8H2,1-2H3,(H,19,20,22)/t10-/m1/s1. The molecule has 0 bridgehead atoms. The highest BCUT2D eigenvalue weighted by molar-refractivity contribution is 7.99. The second kappa shape index (κ2) is 6.98. The van der Waals surface area contributed by atoms with Gasteiger partial charge in [0.2, 0.25) is 5.91 Å². The number of rotatable bonds is 3. The smallest absolute Gasteiger partial charge is 0.257 e. The number of anilines is 1. The molecule has 1 N–H and O–H groups in total. The number of fused-ring (bicyclic) bond motifs is 2. The normalized spacial score (nSPS) is 16.7. The molecule has 0 radical (unpaired) electrons. The third-order valence-corrected chi connectivity index (χ3v) is 7.58. The lowest BCUT2D eigenvalue weighted by molar-refractivity contribution is -0.119. The highest BCUT2D eigenvalue weighted by Gasteiger charge is 2.27. The summed E-state index contributed by atoms with van der Waals surface area (Å²) in [5.41, 5.74) is 1.02. The maximum Gasteiger partial charge on any atom is 0.257 e. The number of thiazole rings is 1. The number of nitrogens with zero attached hydrogens (tertiary/aromatic N) is 3. The van der Waals surface area contributed by atoms with Crippen LogP contribution in [0, 0.1) is 12.8 Å². The average Bonchev–Trinajstić information content (AvgIpc) is 3.05. The van der Waals surface area contributed by atoms with Crippen molar-refractivity contribution in [1.82, 2.24) is 14.5 Å². The summed E-state index contributed by atoms with van der Waals surface area (Å²) in [6.07, 6.45) is 2.70. The van der Waals surface area contributed by atoms with Gasteiger partial charge in [0.25, 0.3) is 5.56 Å². The summed E-state index contributed by atoms with van der Waals surface area (Å²) in [5, 5.41) is 3.81. The van der Waals surface area contributed by atoms with E-state index >= 15 is 0 Å². The molecule has 0 fully saturated rings. The van der Waals surface area contributed by atoms with Crippen LogP contribution >= 0.6 is 23.1 Å². The molecule has 2 aromatic heterocycles. The van der Waals surface area contributed by atoms with Gasteiger partial charge >= 0.3 is 0 Å². The number of aromatic nitrogens is 3. The summed E-state index contributed by atoms with van der Waals surface area (Å²) in [7, 11) is -3.31. The van der Waals surface area contributed by atoms with E-state index in [0.717, 1.165) is 6.26 Å². The van der Waals surface area contributed by atoms with Crippen LogP contribution in [-0.4, -0.2) is 40.9 Å². The van der Waals surface area contributed by atoms with E-state index in [1.807, 2.05) is 0 Å². The number of benzene rings is 1. The number of aryl methyl sites for hydroxylation is 1. The molecule has 1 atom stereocenters. The summed E-state index contributed by atoms with van der Waals surface area (Å²) in [4.78, 5) is 33.8. The Morgan fingerprint density at radius 2 is 2.14 bits per heavy atom. The molecule has 0 saturated carbocycles. The molecule has 1 aromatic carbocycles.